The normalized spacial score (nSPS) is 11.8. The molecule has 1 N–H and O–H groups in total. The van der Waals surface area contributed by atoms with Crippen LogP contribution in [0.1, 0.15) is 0 Å². The van der Waals surface area contributed by atoms with Crippen LogP contribution in [0, 0.1) is 0 Å². The van der Waals surface area contributed by atoms with Crippen molar-refractivity contribution in [1.82, 2.24) is 0 Å². The first-order valence-electron chi connectivity index (χ1n) is 6.13. The van der Waals surface area contributed by atoms with Crippen molar-refractivity contribution in [3.63, 3.8) is 0 Å². The number of azo groups is 1. The fraction of sp³-hybridized carbons (Fsp3) is 0.143. The minimum Gasteiger partial charge on any atom is -0.378 e. The van der Waals surface area contributed by atoms with Crippen LogP contribution in [0.15, 0.2) is 63.7 Å². The molecule has 0 atom stereocenters. The molecule has 7 heteroatoms. The molecule has 21 heavy (non-hydrogen) atoms. The molecule has 0 radical (unpaired) electrons. The minimum absolute atomic E-state index is 0.170. The average Bonchev–Trinajstić information content (AvgIpc) is 2.45. The van der Waals surface area contributed by atoms with Crippen molar-refractivity contribution in [2.24, 2.45) is 10.2 Å². The van der Waals surface area contributed by atoms with E-state index in [0.717, 1.165) is 5.69 Å². The first-order chi connectivity index (χ1) is 9.86. The Balaban J connectivity index is 2.20. The average molecular weight is 305 g/mol. The zero-order valence-electron chi connectivity index (χ0n) is 11.6. The Hall–Kier alpha value is -2.25. The van der Waals surface area contributed by atoms with Gasteiger partial charge in [0, 0.05) is 19.8 Å². The second-order valence-corrected chi connectivity index (χ2v) is 6.00. The maximum Gasteiger partial charge on any atom is 0.294 e. The molecule has 0 saturated carbocycles. The third kappa shape index (κ3) is 4.11. The van der Waals surface area contributed by atoms with Gasteiger partial charge in [0.25, 0.3) is 10.1 Å². The third-order valence-electron chi connectivity index (χ3n) is 2.76. The Labute approximate surface area is 123 Å². The van der Waals surface area contributed by atoms with E-state index in [1.165, 1.54) is 24.3 Å². The quantitative estimate of drug-likeness (QED) is 0.693. The smallest absolute Gasteiger partial charge is 0.294 e. The Bertz CT molecular complexity index is 753. The molecule has 0 aliphatic heterocycles. The molecule has 0 spiro atoms. The standard InChI is InChI=1S/C14H15N3O3S/c1-17(2)13-5-3-4-12(10-13)16-15-11-6-8-14(9-7-11)21(18,19)20/h3-10H,1-2H3,(H,18,19,20). The van der Waals surface area contributed by atoms with Gasteiger partial charge in [-0.25, -0.2) is 0 Å². The van der Waals surface area contributed by atoms with Gasteiger partial charge in [0.2, 0.25) is 0 Å². The zero-order chi connectivity index (χ0) is 15.5. The van der Waals surface area contributed by atoms with Crippen molar-refractivity contribution in [1.29, 1.82) is 0 Å². The monoisotopic (exact) mass is 305 g/mol. The van der Waals surface area contributed by atoms with Gasteiger partial charge in [-0.1, -0.05) is 6.07 Å². The zero-order valence-corrected chi connectivity index (χ0v) is 12.4. The van der Waals surface area contributed by atoms with Gasteiger partial charge in [-0.2, -0.15) is 18.6 Å². The van der Waals surface area contributed by atoms with Crippen LogP contribution < -0.4 is 4.90 Å². The van der Waals surface area contributed by atoms with Crippen LogP contribution in [0.3, 0.4) is 0 Å². The van der Waals surface area contributed by atoms with Crippen molar-refractivity contribution in [2.75, 3.05) is 19.0 Å². The largest absolute Gasteiger partial charge is 0.378 e. The lowest BCUT2D eigenvalue weighted by atomic mass is 10.3. The van der Waals surface area contributed by atoms with Crippen LogP contribution in [0.2, 0.25) is 0 Å². The van der Waals surface area contributed by atoms with E-state index < -0.39 is 10.1 Å². The molecule has 0 aliphatic rings. The molecule has 0 fully saturated rings. The summed E-state index contributed by atoms with van der Waals surface area (Å²) >= 11 is 0. The lowest BCUT2D eigenvalue weighted by Crippen LogP contribution is -2.07. The number of benzene rings is 2. The van der Waals surface area contributed by atoms with E-state index >= 15 is 0 Å². The molecule has 2 aromatic carbocycles. The van der Waals surface area contributed by atoms with Crippen LogP contribution in [0.4, 0.5) is 17.1 Å². The summed E-state index contributed by atoms with van der Waals surface area (Å²) in [5.41, 5.74) is 2.20. The van der Waals surface area contributed by atoms with Gasteiger partial charge in [0.1, 0.15) is 0 Å². The Morgan fingerprint density at radius 3 is 2.14 bits per heavy atom. The molecular formula is C14H15N3O3S. The lowest BCUT2D eigenvalue weighted by Gasteiger charge is -2.11. The predicted molar refractivity (Wildman–Crippen MR) is 81.2 cm³/mol. The number of anilines is 1. The summed E-state index contributed by atoms with van der Waals surface area (Å²) in [6.45, 7) is 0. The highest BCUT2D eigenvalue weighted by Crippen LogP contribution is 2.23. The number of nitrogens with zero attached hydrogens (tertiary/aromatic N) is 3. The van der Waals surface area contributed by atoms with Crippen molar-refractivity contribution in [3.8, 4) is 0 Å². The molecule has 6 nitrogen and oxygen atoms in total. The fourth-order valence-electron chi connectivity index (χ4n) is 1.63. The van der Waals surface area contributed by atoms with Crippen molar-refractivity contribution < 1.29 is 13.0 Å². The fourth-order valence-corrected chi connectivity index (χ4v) is 2.11. The highest BCUT2D eigenvalue weighted by Gasteiger charge is 2.08. The second kappa shape index (κ2) is 6.02. The lowest BCUT2D eigenvalue weighted by molar-refractivity contribution is 0.483. The molecule has 0 saturated heterocycles. The third-order valence-corrected chi connectivity index (χ3v) is 3.63. The van der Waals surface area contributed by atoms with E-state index in [-0.39, 0.29) is 4.90 Å². The van der Waals surface area contributed by atoms with Crippen molar-refractivity contribution in [3.05, 3.63) is 48.5 Å². The minimum atomic E-state index is -4.18. The van der Waals surface area contributed by atoms with Gasteiger partial charge >= 0.3 is 0 Å². The highest BCUT2D eigenvalue weighted by atomic mass is 32.2. The molecule has 0 amide bonds. The number of hydrogen-bond donors (Lipinski definition) is 1. The molecule has 0 aromatic heterocycles. The summed E-state index contributed by atoms with van der Waals surface area (Å²) in [5.74, 6) is 0. The van der Waals surface area contributed by atoms with Crippen molar-refractivity contribution in [2.45, 2.75) is 4.90 Å². The first kappa shape index (κ1) is 15.1. The van der Waals surface area contributed by atoms with Crippen LogP contribution in [0.5, 0.6) is 0 Å². The van der Waals surface area contributed by atoms with Gasteiger partial charge < -0.3 is 4.90 Å². The maximum absolute atomic E-state index is 10.9. The first-order valence-corrected chi connectivity index (χ1v) is 7.57. The summed E-state index contributed by atoms with van der Waals surface area (Å²) < 4.78 is 30.7. The van der Waals surface area contributed by atoms with Gasteiger partial charge in [-0.15, -0.1) is 0 Å². The van der Waals surface area contributed by atoms with Gasteiger partial charge in [-0.3, -0.25) is 4.55 Å². The van der Waals surface area contributed by atoms with Crippen molar-refractivity contribution >= 4 is 27.2 Å². The Kier molecular flexibility index (Phi) is 4.35. The molecule has 2 aromatic rings. The number of rotatable bonds is 4. The van der Waals surface area contributed by atoms with Gasteiger partial charge in [-0.05, 0) is 42.5 Å². The van der Waals surface area contributed by atoms with E-state index in [4.69, 9.17) is 4.55 Å². The summed E-state index contributed by atoms with van der Waals surface area (Å²) in [6, 6.07) is 13.1. The maximum atomic E-state index is 10.9. The van der Waals surface area contributed by atoms with Crippen LogP contribution in [-0.4, -0.2) is 27.1 Å². The molecule has 0 bridgehead atoms. The highest BCUT2D eigenvalue weighted by molar-refractivity contribution is 7.85. The molecule has 110 valence electrons. The predicted octanol–water partition coefficient (Wildman–Crippen LogP) is 3.41. The van der Waals surface area contributed by atoms with E-state index in [1.807, 2.05) is 43.3 Å². The summed E-state index contributed by atoms with van der Waals surface area (Å²) in [4.78, 5) is 1.79. The van der Waals surface area contributed by atoms with E-state index in [2.05, 4.69) is 10.2 Å². The summed E-state index contributed by atoms with van der Waals surface area (Å²) in [6.07, 6.45) is 0. The van der Waals surface area contributed by atoms with E-state index in [1.54, 1.807) is 0 Å². The number of hydrogen-bond acceptors (Lipinski definition) is 5. The van der Waals surface area contributed by atoms with Gasteiger partial charge in [0.05, 0.1) is 16.3 Å². The van der Waals surface area contributed by atoms with E-state index in [0.29, 0.717) is 11.4 Å². The second-order valence-electron chi connectivity index (χ2n) is 4.58. The van der Waals surface area contributed by atoms with E-state index in [9.17, 15) is 8.42 Å². The SMILES string of the molecule is CN(C)c1cccc(N=Nc2ccc(S(=O)(=O)O)cc2)c1. The Morgan fingerprint density at radius 2 is 1.57 bits per heavy atom. The van der Waals surface area contributed by atoms with Crippen LogP contribution >= 0.6 is 0 Å². The molecule has 0 heterocycles. The molecule has 2 rings (SSSR count). The molecular weight excluding hydrogens is 290 g/mol. The Morgan fingerprint density at radius 1 is 0.952 bits per heavy atom. The topological polar surface area (TPSA) is 82.3 Å². The summed E-state index contributed by atoms with van der Waals surface area (Å²) in [5, 5.41) is 8.13. The van der Waals surface area contributed by atoms with Crippen LogP contribution in [0.25, 0.3) is 0 Å². The summed E-state index contributed by atoms with van der Waals surface area (Å²) in [7, 11) is -0.310. The van der Waals surface area contributed by atoms with Gasteiger partial charge in [0.15, 0.2) is 0 Å². The molecule has 0 aliphatic carbocycles. The van der Waals surface area contributed by atoms with Crippen LogP contribution in [-0.2, 0) is 10.1 Å². The molecule has 0 unspecified atom stereocenters.